The Morgan fingerprint density at radius 3 is 2.17 bits per heavy atom. The number of fused-ring (bicyclic) bond motifs is 3. The maximum absolute atomic E-state index is 13.3. The standard InChI is InChI=1S/C26H31F6N5O2S/c1-4-19(17(2)25(27,28)29)21-35-36-22(37(21)3)24-12-9-23(10-13-24,11-14-24)16-34-40(38,39)33-15-18-7-5-6-8-20(18)26(30,31)32/h4-8,33-34H,2,9-16H2,1,3H3/b19-4+. The molecule has 3 fully saturated rings. The fourth-order valence-electron chi connectivity index (χ4n) is 5.90. The molecule has 2 N–H and O–H groups in total. The molecule has 14 heteroatoms. The zero-order valence-corrected chi connectivity index (χ0v) is 22.9. The summed E-state index contributed by atoms with van der Waals surface area (Å²) in [7, 11) is -2.44. The number of benzene rings is 1. The van der Waals surface area contributed by atoms with Gasteiger partial charge in [0.2, 0.25) is 0 Å². The number of nitrogens with one attached hydrogen (secondary N) is 2. The van der Waals surface area contributed by atoms with Gasteiger partial charge in [-0.15, -0.1) is 10.2 Å². The van der Waals surface area contributed by atoms with Crippen LogP contribution >= 0.6 is 0 Å². The highest BCUT2D eigenvalue weighted by atomic mass is 32.2. The zero-order valence-electron chi connectivity index (χ0n) is 22.1. The van der Waals surface area contributed by atoms with Crippen molar-refractivity contribution in [3.63, 3.8) is 0 Å². The first kappa shape index (κ1) is 30.3. The predicted octanol–water partition coefficient (Wildman–Crippen LogP) is 5.57. The van der Waals surface area contributed by atoms with Crippen molar-refractivity contribution in [1.82, 2.24) is 24.2 Å². The molecule has 2 aromatic rings. The van der Waals surface area contributed by atoms with E-state index in [9.17, 15) is 34.8 Å². The van der Waals surface area contributed by atoms with Crippen LogP contribution in [-0.2, 0) is 35.4 Å². The molecule has 3 aliphatic rings. The highest BCUT2D eigenvalue weighted by Gasteiger charge is 2.52. The molecule has 1 aromatic carbocycles. The van der Waals surface area contributed by atoms with Crippen molar-refractivity contribution in [2.24, 2.45) is 12.5 Å². The van der Waals surface area contributed by atoms with Crippen LogP contribution in [0.2, 0.25) is 0 Å². The van der Waals surface area contributed by atoms with E-state index in [0.29, 0.717) is 44.3 Å². The first-order chi connectivity index (χ1) is 18.5. The maximum atomic E-state index is 13.3. The quantitative estimate of drug-likeness (QED) is 0.295. The van der Waals surface area contributed by atoms with E-state index in [-0.39, 0.29) is 28.9 Å². The molecule has 3 saturated carbocycles. The van der Waals surface area contributed by atoms with E-state index in [1.165, 1.54) is 31.2 Å². The van der Waals surface area contributed by atoms with Crippen LogP contribution in [0.25, 0.3) is 5.57 Å². The lowest BCUT2D eigenvalue weighted by Crippen LogP contribution is -2.51. The van der Waals surface area contributed by atoms with E-state index in [4.69, 9.17) is 0 Å². The molecule has 0 atom stereocenters. The van der Waals surface area contributed by atoms with Crippen molar-refractivity contribution in [1.29, 1.82) is 0 Å². The molecular weight excluding hydrogens is 560 g/mol. The molecule has 0 radical (unpaired) electrons. The summed E-state index contributed by atoms with van der Waals surface area (Å²) in [6, 6.07) is 4.78. The Balaban J connectivity index is 1.40. The highest BCUT2D eigenvalue weighted by Crippen LogP contribution is 2.57. The van der Waals surface area contributed by atoms with Gasteiger partial charge in [0.25, 0.3) is 10.2 Å². The third-order valence-corrected chi connectivity index (χ3v) is 9.41. The predicted molar refractivity (Wildman–Crippen MR) is 137 cm³/mol. The summed E-state index contributed by atoms with van der Waals surface area (Å²) < 4.78 is 111. The molecule has 2 bridgehead atoms. The van der Waals surface area contributed by atoms with E-state index < -0.39 is 45.7 Å². The molecule has 220 valence electrons. The van der Waals surface area contributed by atoms with Gasteiger partial charge in [-0.3, -0.25) is 0 Å². The van der Waals surface area contributed by atoms with Crippen molar-refractivity contribution in [3.05, 3.63) is 65.3 Å². The van der Waals surface area contributed by atoms with Crippen molar-refractivity contribution >= 4 is 15.8 Å². The second kappa shape index (κ2) is 10.6. The van der Waals surface area contributed by atoms with E-state index in [0.717, 1.165) is 6.07 Å². The monoisotopic (exact) mass is 591 g/mol. The van der Waals surface area contributed by atoms with Gasteiger partial charge in [0.15, 0.2) is 5.82 Å². The maximum Gasteiger partial charge on any atom is 0.416 e. The van der Waals surface area contributed by atoms with Crippen LogP contribution in [0.4, 0.5) is 26.3 Å². The van der Waals surface area contributed by atoms with Crippen LogP contribution in [0, 0.1) is 5.41 Å². The average Bonchev–Trinajstić information content (AvgIpc) is 3.29. The van der Waals surface area contributed by atoms with Crippen molar-refractivity contribution in [3.8, 4) is 0 Å². The topological polar surface area (TPSA) is 88.9 Å². The summed E-state index contributed by atoms with van der Waals surface area (Å²) in [6.45, 7) is 4.29. The van der Waals surface area contributed by atoms with Crippen LogP contribution in [0.5, 0.6) is 0 Å². The second-order valence-corrected chi connectivity index (χ2v) is 12.3. The Labute approximate surface area is 228 Å². The fourth-order valence-corrected chi connectivity index (χ4v) is 6.85. The Hall–Kier alpha value is -2.71. The largest absolute Gasteiger partial charge is 0.416 e. The van der Waals surface area contributed by atoms with E-state index in [1.807, 2.05) is 0 Å². The third kappa shape index (κ3) is 5.98. The van der Waals surface area contributed by atoms with Gasteiger partial charge in [-0.2, -0.15) is 39.5 Å². The van der Waals surface area contributed by atoms with E-state index >= 15 is 0 Å². The van der Waals surface area contributed by atoms with E-state index in [1.54, 1.807) is 11.6 Å². The normalized spacial score (nSPS) is 23.9. The number of nitrogens with zero attached hydrogens (tertiary/aromatic N) is 3. The molecule has 1 heterocycles. The fraction of sp³-hybridized carbons (Fsp3) is 0.538. The molecule has 1 aromatic heterocycles. The molecular formula is C26H31F6N5O2S. The minimum absolute atomic E-state index is 0.0857. The SMILES string of the molecule is C=C(/C(=C\C)c1nnc(C23CCC(CNS(=O)(=O)NCc4ccccc4C(F)(F)F)(CC2)CC3)n1C)C(F)(F)F. The number of allylic oxidation sites excluding steroid dienone is 3. The number of hydrogen-bond acceptors (Lipinski definition) is 4. The number of aromatic nitrogens is 3. The van der Waals surface area contributed by atoms with Crippen molar-refractivity contribution < 1.29 is 34.8 Å². The average molecular weight is 592 g/mol. The van der Waals surface area contributed by atoms with Gasteiger partial charge in [0, 0.05) is 31.1 Å². The van der Waals surface area contributed by atoms with Crippen LogP contribution in [-0.4, -0.2) is 35.9 Å². The molecule has 0 saturated heterocycles. The Bertz CT molecular complexity index is 1390. The molecule has 0 amide bonds. The molecule has 5 rings (SSSR count). The van der Waals surface area contributed by atoms with Gasteiger partial charge in [0.05, 0.1) is 11.1 Å². The van der Waals surface area contributed by atoms with Crippen molar-refractivity contribution in [2.45, 2.75) is 69.8 Å². The lowest BCUT2D eigenvalue weighted by molar-refractivity contribution is -0.138. The lowest BCUT2D eigenvalue weighted by atomic mass is 9.53. The molecule has 7 nitrogen and oxygen atoms in total. The van der Waals surface area contributed by atoms with Crippen molar-refractivity contribution in [2.75, 3.05) is 6.54 Å². The molecule has 0 spiro atoms. The van der Waals surface area contributed by atoms with Crippen LogP contribution in [0.3, 0.4) is 0 Å². The van der Waals surface area contributed by atoms with Gasteiger partial charge < -0.3 is 4.57 Å². The number of alkyl halides is 6. The summed E-state index contributed by atoms with van der Waals surface area (Å²) in [4.78, 5) is 0. The third-order valence-electron chi connectivity index (χ3n) is 8.36. The number of halogens is 6. The lowest BCUT2D eigenvalue weighted by Gasteiger charge is -2.52. The van der Waals surface area contributed by atoms with E-state index in [2.05, 4.69) is 26.2 Å². The first-order valence-electron chi connectivity index (χ1n) is 12.7. The van der Waals surface area contributed by atoms with Gasteiger partial charge >= 0.3 is 12.4 Å². The van der Waals surface area contributed by atoms with Crippen LogP contribution in [0.15, 0.2) is 42.5 Å². The zero-order chi connectivity index (χ0) is 29.6. The minimum Gasteiger partial charge on any atom is -0.314 e. The van der Waals surface area contributed by atoms with Crippen LogP contribution in [0.1, 0.15) is 68.2 Å². The molecule has 3 aliphatic carbocycles. The molecule has 40 heavy (non-hydrogen) atoms. The summed E-state index contributed by atoms with van der Waals surface area (Å²) in [5.41, 5.74) is -2.93. The second-order valence-electron chi connectivity index (χ2n) is 10.7. The van der Waals surface area contributed by atoms with Gasteiger partial charge in [-0.25, -0.2) is 4.72 Å². The van der Waals surface area contributed by atoms with Crippen LogP contribution < -0.4 is 9.44 Å². The highest BCUT2D eigenvalue weighted by molar-refractivity contribution is 7.87. The Morgan fingerprint density at radius 1 is 1.02 bits per heavy atom. The van der Waals surface area contributed by atoms with Gasteiger partial charge in [-0.05, 0) is 62.5 Å². The smallest absolute Gasteiger partial charge is 0.314 e. The first-order valence-corrected chi connectivity index (χ1v) is 14.2. The Kier molecular flexibility index (Phi) is 8.02. The molecule has 0 aliphatic heterocycles. The number of hydrogen-bond donors (Lipinski definition) is 2. The summed E-state index contributed by atoms with van der Waals surface area (Å²) in [6.07, 6.45) is -3.98. The Morgan fingerprint density at radius 2 is 1.62 bits per heavy atom. The minimum atomic E-state index is -4.61. The molecule has 0 unspecified atom stereocenters. The summed E-state index contributed by atoms with van der Waals surface area (Å²) in [5, 5.41) is 8.36. The number of rotatable bonds is 9. The summed E-state index contributed by atoms with van der Waals surface area (Å²) >= 11 is 0. The van der Waals surface area contributed by atoms with Gasteiger partial charge in [0.1, 0.15) is 5.82 Å². The summed E-state index contributed by atoms with van der Waals surface area (Å²) in [5.74, 6) is 0.679. The van der Waals surface area contributed by atoms with Gasteiger partial charge in [-0.1, -0.05) is 30.9 Å².